The highest BCUT2D eigenvalue weighted by molar-refractivity contribution is 5.65. The van der Waals surface area contributed by atoms with Crippen LogP contribution in [0.2, 0.25) is 0 Å². The van der Waals surface area contributed by atoms with Crippen molar-refractivity contribution >= 4 is 17.5 Å². The van der Waals surface area contributed by atoms with Crippen molar-refractivity contribution in [1.82, 2.24) is 4.98 Å². The van der Waals surface area contributed by atoms with Gasteiger partial charge < -0.3 is 0 Å². The summed E-state index contributed by atoms with van der Waals surface area (Å²) in [4.78, 5) is 17.1. The molecular formula is C8H4N2O. The molecule has 0 aliphatic rings. The summed E-state index contributed by atoms with van der Waals surface area (Å²) in [6.45, 7) is 0. The third-order valence-corrected chi connectivity index (χ3v) is 0.938. The predicted molar refractivity (Wildman–Crippen MR) is 40.5 cm³/mol. The molecule has 0 aliphatic heterocycles. The van der Waals surface area contributed by atoms with Gasteiger partial charge in [-0.3, -0.25) is 4.98 Å². The smallest absolute Gasteiger partial charge is 0.187 e. The molecule has 0 saturated heterocycles. The normalized spacial score (nSPS) is 7.27. The van der Waals surface area contributed by atoms with Gasteiger partial charge in [-0.2, -0.15) is 4.99 Å². The Bertz CT molecular complexity index is 340. The van der Waals surface area contributed by atoms with E-state index in [0.29, 0.717) is 5.69 Å². The zero-order valence-electron chi connectivity index (χ0n) is 5.61. The lowest BCUT2D eigenvalue weighted by Crippen LogP contribution is -1.66. The van der Waals surface area contributed by atoms with Gasteiger partial charge in [-0.05, 0) is 12.1 Å². The van der Waals surface area contributed by atoms with Gasteiger partial charge in [-0.1, -0.05) is 0 Å². The molecule has 3 nitrogen and oxygen atoms in total. The molecule has 0 saturated carbocycles. The maximum absolute atomic E-state index is 9.62. The van der Waals surface area contributed by atoms with Crippen molar-refractivity contribution in [2.45, 2.75) is 0 Å². The van der Waals surface area contributed by atoms with Crippen LogP contribution in [0.15, 0.2) is 35.3 Å². The zero-order chi connectivity index (χ0) is 7.94. The lowest BCUT2D eigenvalue weighted by atomic mass is 10.4. The van der Waals surface area contributed by atoms with Gasteiger partial charge in [-0.15, -0.1) is 0 Å². The SMILES string of the molecule is O=C=C=C=Nc1cccnc1. The number of hydrogen-bond acceptors (Lipinski definition) is 3. The Morgan fingerprint density at radius 2 is 2.45 bits per heavy atom. The van der Waals surface area contributed by atoms with Crippen LogP contribution < -0.4 is 0 Å². The van der Waals surface area contributed by atoms with E-state index in [9.17, 15) is 4.79 Å². The maximum atomic E-state index is 9.62. The monoisotopic (exact) mass is 144 g/mol. The first kappa shape index (κ1) is 7.20. The van der Waals surface area contributed by atoms with Crippen LogP contribution in [0.25, 0.3) is 0 Å². The summed E-state index contributed by atoms with van der Waals surface area (Å²) in [5.74, 6) is 3.68. The van der Waals surface area contributed by atoms with E-state index in [1.54, 1.807) is 24.5 Å². The Balaban J connectivity index is 2.98. The fourth-order valence-corrected chi connectivity index (χ4v) is 0.535. The molecule has 0 aliphatic carbocycles. The van der Waals surface area contributed by atoms with Crippen LogP contribution in [-0.4, -0.2) is 16.8 Å². The highest BCUT2D eigenvalue weighted by atomic mass is 16.1. The molecule has 0 amide bonds. The minimum Gasteiger partial charge on any atom is -0.262 e. The van der Waals surface area contributed by atoms with Crippen molar-refractivity contribution < 1.29 is 4.79 Å². The highest BCUT2D eigenvalue weighted by Crippen LogP contribution is 2.04. The number of aliphatic imine (C=N–C) groups is 1. The van der Waals surface area contributed by atoms with Crippen LogP contribution in [0.1, 0.15) is 0 Å². The number of nitrogens with zero attached hydrogens (tertiary/aromatic N) is 2. The van der Waals surface area contributed by atoms with Crippen molar-refractivity contribution in [3.63, 3.8) is 0 Å². The summed E-state index contributed by atoms with van der Waals surface area (Å²) in [6.07, 6.45) is 3.19. The summed E-state index contributed by atoms with van der Waals surface area (Å²) in [7, 11) is 0. The summed E-state index contributed by atoms with van der Waals surface area (Å²) in [6, 6.07) is 3.48. The van der Waals surface area contributed by atoms with E-state index < -0.39 is 0 Å². The van der Waals surface area contributed by atoms with Gasteiger partial charge in [0.25, 0.3) is 0 Å². The van der Waals surface area contributed by atoms with E-state index in [-0.39, 0.29) is 0 Å². The molecule has 0 fully saturated rings. The molecule has 0 aromatic carbocycles. The van der Waals surface area contributed by atoms with Crippen LogP contribution >= 0.6 is 0 Å². The molecule has 0 spiro atoms. The fraction of sp³-hybridized carbons (Fsp3) is 0. The maximum Gasteiger partial charge on any atom is 0.187 e. The van der Waals surface area contributed by atoms with Gasteiger partial charge in [0.15, 0.2) is 5.94 Å². The molecule has 11 heavy (non-hydrogen) atoms. The quantitative estimate of drug-likeness (QED) is 0.334. The molecule has 0 radical (unpaired) electrons. The van der Waals surface area contributed by atoms with Gasteiger partial charge in [0.05, 0.1) is 17.8 Å². The molecule has 1 aromatic rings. The minimum absolute atomic E-state index is 0.634. The minimum atomic E-state index is 0.634. The van der Waals surface area contributed by atoms with Gasteiger partial charge in [0.1, 0.15) is 0 Å². The van der Waals surface area contributed by atoms with Crippen molar-refractivity contribution in [3.8, 4) is 0 Å². The van der Waals surface area contributed by atoms with E-state index in [1.165, 1.54) is 5.94 Å². The molecule has 1 rings (SSSR count). The second-order valence-electron chi connectivity index (χ2n) is 1.66. The van der Waals surface area contributed by atoms with Crippen molar-refractivity contribution in [1.29, 1.82) is 0 Å². The van der Waals surface area contributed by atoms with E-state index >= 15 is 0 Å². The summed E-state index contributed by atoms with van der Waals surface area (Å²) in [5, 5.41) is 0. The molecule has 1 heterocycles. The molecule has 52 valence electrons. The zero-order valence-corrected chi connectivity index (χ0v) is 5.61. The highest BCUT2D eigenvalue weighted by Gasteiger charge is 1.80. The first-order valence-corrected chi connectivity index (χ1v) is 2.91. The molecule has 0 atom stereocenters. The molecule has 0 bridgehead atoms. The van der Waals surface area contributed by atoms with Crippen molar-refractivity contribution in [2.75, 3.05) is 0 Å². The number of pyridine rings is 1. The van der Waals surface area contributed by atoms with E-state index in [2.05, 4.69) is 15.8 Å². The van der Waals surface area contributed by atoms with Crippen LogP contribution in [0.3, 0.4) is 0 Å². The van der Waals surface area contributed by atoms with Crippen LogP contribution in [0.4, 0.5) is 5.69 Å². The topological polar surface area (TPSA) is 42.3 Å². The lowest BCUT2D eigenvalue weighted by Gasteiger charge is -1.83. The number of carbonyl (C=O) groups excluding carboxylic acids is 1. The van der Waals surface area contributed by atoms with Crippen LogP contribution in [0, 0.1) is 0 Å². The van der Waals surface area contributed by atoms with E-state index in [0.717, 1.165) is 0 Å². The van der Waals surface area contributed by atoms with E-state index in [1.807, 2.05) is 5.73 Å². The third-order valence-electron chi connectivity index (χ3n) is 0.938. The predicted octanol–water partition coefficient (Wildman–Crippen LogP) is 0.926. The molecule has 1 aromatic heterocycles. The first-order valence-electron chi connectivity index (χ1n) is 2.91. The Morgan fingerprint density at radius 1 is 1.55 bits per heavy atom. The van der Waals surface area contributed by atoms with Gasteiger partial charge in [0.2, 0.25) is 0 Å². The Hall–Kier alpha value is -1.91. The second-order valence-corrected chi connectivity index (χ2v) is 1.66. The summed E-state index contributed by atoms with van der Waals surface area (Å²) < 4.78 is 0. The van der Waals surface area contributed by atoms with E-state index in [4.69, 9.17) is 0 Å². The number of rotatable bonds is 1. The fourth-order valence-electron chi connectivity index (χ4n) is 0.535. The third kappa shape index (κ3) is 2.44. The molecule has 0 unspecified atom stereocenters. The standard InChI is InChI=1S/C8H4N2O/c11-6-2-5-10-8-3-1-4-9-7-8/h1,3-4,7H. The van der Waals surface area contributed by atoms with Gasteiger partial charge in [-0.25, -0.2) is 4.79 Å². The number of aromatic nitrogens is 1. The lowest BCUT2D eigenvalue weighted by molar-refractivity contribution is 0.569. The Morgan fingerprint density at radius 3 is 3.09 bits per heavy atom. The van der Waals surface area contributed by atoms with Crippen LogP contribution in [-0.2, 0) is 4.79 Å². The van der Waals surface area contributed by atoms with Crippen molar-refractivity contribution in [2.24, 2.45) is 4.99 Å². The first-order chi connectivity index (χ1) is 5.43. The average molecular weight is 144 g/mol. The van der Waals surface area contributed by atoms with Gasteiger partial charge >= 0.3 is 0 Å². The second kappa shape index (κ2) is 3.99. The average Bonchev–Trinajstić information content (AvgIpc) is 2.07. The largest absolute Gasteiger partial charge is 0.262 e. The molecule has 0 N–H and O–H groups in total. The summed E-state index contributed by atoms with van der Waals surface area (Å²) in [5.41, 5.74) is 2.68. The van der Waals surface area contributed by atoms with Crippen LogP contribution in [0.5, 0.6) is 0 Å². The Labute approximate surface area is 63.4 Å². The number of hydrogen-bond donors (Lipinski definition) is 0. The van der Waals surface area contributed by atoms with Gasteiger partial charge in [0, 0.05) is 11.9 Å². The molecular weight excluding hydrogens is 140 g/mol. The Kier molecular flexibility index (Phi) is 2.61. The van der Waals surface area contributed by atoms with Crippen molar-refractivity contribution in [3.05, 3.63) is 30.3 Å². The summed E-state index contributed by atoms with van der Waals surface area (Å²) >= 11 is 0. The molecule has 3 heteroatoms.